The van der Waals surface area contributed by atoms with Crippen molar-refractivity contribution in [1.29, 1.82) is 0 Å². The Hall–Kier alpha value is -1.94. The summed E-state index contributed by atoms with van der Waals surface area (Å²) in [6.45, 7) is 3.97. The van der Waals surface area contributed by atoms with E-state index in [2.05, 4.69) is 5.32 Å². The molecule has 0 aliphatic carbocycles. The molecule has 0 aliphatic rings. The Balaban J connectivity index is 1.94. The summed E-state index contributed by atoms with van der Waals surface area (Å²) in [5, 5.41) is 2.84. The number of amides is 1. The molecule has 0 aromatic heterocycles. The first-order chi connectivity index (χ1) is 10.1. The van der Waals surface area contributed by atoms with Crippen molar-refractivity contribution in [1.82, 2.24) is 0 Å². The Bertz CT molecular complexity index is 640. The van der Waals surface area contributed by atoms with Crippen molar-refractivity contribution in [3.8, 4) is 5.75 Å². The average molecular weight is 301 g/mol. The number of ether oxygens (including phenoxy) is 1. The molecule has 2 aromatic rings. The molecule has 21 heavy (non-hydrogen) atoms. The molecule has 0 radical (unpaired) electrons. The summed E-state index contributed by atoms with van der Waals surface area (Å²) < 4.78 is 5.59. The fourth-order valence-electron chi connectivity index (χ4n) is 1.90. The quantitative estimate of drug-likeness (QED) is 0.847. The van der Waals surface area contributed by atoms with E-state index in [4.69, 9.17) is 4.74 Å². The molecule has 0 spiro atoms. The summed E-state index contributed by atoms with van der Waals surface area (Å²) in [6.07, 6.45) is 2.00. The van der Waals surface area contributed by atoms with Crippen molar-refractivity contribution < 1.29 is 9.53 Å². The molecular weight excluding hydrogens is 282 g/mol. The number of rotatable bonds is 5. The molecule has 0 bridgehead atoms. The predicted molar refractivity (Wildman–Crippen MR) is 88.3 cm³/mol. The van der Waals surface area contributed by atoms with Crippen LogP contribution in [-0.4, -0.2) is 18.8 Å². The van der Waals surface area contributed by atoms with Crippen LogP contribution in [0.15, 0.2) is 47.4 Å². The highest BCUT2D eigenvalue weighted by atomic mass is 32.2. The maximum Gasteiger partial charge on any atom is 0.262 e. The highest BCUT2D eigenvalue weighted by molar-refractivity contribution is 7.98. The number of thioether (sulfide) groups is 1. The first-order valence-electron chi connectivity index (χ1n) is 6.72. The van der Waals surface area contributed by atoms with Gasteiger partial charge in [0.05, 0.1) is 0 Å². The molecular formula is C17H19NO2S. The summed E-state index contributed by atoms with van der Waals surface area (Å²) in [4.78, 5) is 13.1. The highest BCUT2D eigenvalue weighted by Gasteiger charge is 2.06. The number of carbonyl (C=O) groups excluding carboxylic acids is 1. The zero-order valence-electron chi connectivity index (χ0n) is 12.5. The number of nitrogens with one attached hydrogen (secondary N) is 1. The zero-order chi connectivity index (χ0) is 15.2. The number of aryl methyl sites for hydroxylation is 2. The predicted octanol–water partition coefficient (Wildman–Crippen LogP) is 4.04. The molecule has 0 aliphatic heterocycles. The molecule has 3 nitrogen and oxygen atoms in total. The average Bonchev–Trinajstić information content (AvgIpc) is 2.48. The van der Waals surface area contributed by atoms with Gasteiger partial charge in [0.1, 0.15) is 5.75 Å². The van der Waals surface area contributed by atoms with Gasteiger partial charge in [-0.2, -0.15) is 0 Å². The Morgan fingerprint density at radius 3 is 2.76 bits per heavy atom. The van der Waals surface area contributed by atoms with Crippen molar-refractivity contribution in [2.75, 3.05) is 18.2 Å². The minimum Gasteiger partial charge on any atom is -0.483 e. The van der Waals surface area contributed by atoms with Gasteiger partial charge in [0.25, 0.3) is 5.91 Å². The van der Waals surface area contributed by atoms with Crippen LogP contribution in [0.5, 0.6) is 5.75 Å². The smallest absolute Gasteiger partial charge is 0.262 e. The van der Waals surface area contributed by atoms with E-state index in [1.54, 1.807) is 11.8 Å². The van der Waals surface area contributed by atoms with Crippen LogP contribution >= 0.6 is 11.8 Å². The van der Waals surface area contributed by atoms with Crippen LogP contribution in [0.2, 0.25) is 0 Å². The summed E-state index contributed by atoms with van der Waals surface area (Å²) in [5.41, 5.74) is 2.93. The van der Waals surface area contributed by atoms with Crippen LogP contribution in [0, 0.1) is 13.8 Å². The Morgan fingerprint density at radius 1 is 1.19 bits per heavy atom. The molecule has 0 saturated heterocycles. The van der Waals surface area contributed by atoms with Crippen LogP contribution in [-0.2, 0) is 4.79 Å². The minimum absolute atomic E-state index is 0.00773. The van der Waals surface area contributed by atoms with Crippen molar-refractivity contribution in [2.45, 2.75) is 18.7 Å². The Morgan fingerprint density at radius 2 is 2.00 bits per heavy atom. The van der Waals surface area contributed by atoms with E-state index in [-0.39, 0.29) is 12.5 Å². The lowest BCUT2D eigenvalue weighted by Crippen LogP contribution is -2.20. The van der Waals surface area contributed by atoms with Crippen molar-refractivity contribution >= 4 is 23.4 Å². The number of hydrogen-bond acceptors (Lipinski definition) is 3. The summed E-state index contributed by atoms with van der Waals surface area (Å²) in [7, 11) is 0. The third-order valence-corrected chi connectivity index (χ3v) is 3.78. The monoisotopic (exact) mass is 301 g/mol. The first-order valence-corrected chi connectivity index (χ1v) is 7.95. The summed E-state index contributed by atoms with van der Waals surface area (Å²) >= 11 is 1.64. The molecule has 0 saturated carbocycles. The maximum atomic E-state index is 11.9. The molecule has 0 unspecified atom stereocenters. The molecule has 2 rings (SSSR count). The van der Waals surface area contributed by atoms with Gasteiger partial charge in [0, 0.05) is 10.6 Å². The second kappa shape index (κ2) is 7.18. The standard InChI is InChI=1S/C17H19NO2S/c1-12-7-8-13(2)16(9-12)20-11-17(19)18-14-5-4-6-15(10-14)21-3/h4-10H,11H2,1-3H3,(H,18,19). The lowest BCUT2D eigenvalue weighted by Gasteiger charge is -2.10. The highest BCUT2D eigenvalue weighted by Crippen LogP contribution is 2.20. The van der Waals surface area contributed by atoms with E-state index in [0.29, 0.717) is 0 Å². The van der Waals surface area contributed by atoms with Gasteiger partial charge in [-0.1, -0.05) is 18.2 Å². The Labute approximate surface area is 129 Å². The molecule has 0 fully saturated rings. The number of anilines is 1. The van der Waals surface area contributed by atoms with Crippen LogP contribution in [0.3, 0.4) is 0 Å². The van der Waals surface area contributed by atoms with Gasteiger partial charge in [0.15, 0.2) is 6.61 Å². The summed E-state index contributed by atoms with van der Waals surface area (Å²) in [6, 6.07) is 13.7. The van der Waals surface area contributed by atoms with E-state index in [1.807, 2.05) is 62.6 Å². The number of benzene rings is 2. The van der Waals surface area contributed by atoms with Gasteiger partial charge in [0.2, 0.25) is 0 Å². The second-order valence-corrected chi connectivity index (χ2v) is 5.72. The Kier molecular flexibility index (Phi) is 5.28. The van der Waals surface area contributed by atoms with Crippen molar-refractivity contribution in [3.63, 3.8) is 0 Å². The normalized spacial score (nSPS) is 10.2. The van der Waals surface area contributed by atoms with Gasteiger partial charge in [-0.05, 0) is 55.5 Å². The molecule has 0 atom stereocenters. The minimum atomic E-state index is -0.158. The SMILES string of the molecule is CSc1cccc(NC(=O)COc2cc(C)ccc2C)c1. The maximum absolute atomic E-state index is 11.9. The lowest BCUT2D eigenvalue weighted by atomic mass is 10.1. The number of carbonyl (C=O) groups is 1. The third kappa shape index (κ3) is 4.53. The lowest BCUT2D eigenvalue weighted by molar-refractivity contribution is -0.118. The van der Waals surface area contributed by atoms with Crippen LogP contribution in [0.4, 0.5) is 5.69 Å². The topological polar surface area (TPSA) is 38.3 Å². The fraction of sp³-hybridized carbons (Fsp3) is 0.235. The molecule has 4 heteroatoms. The first kappa shape index (κ1) is 15.4. The van der Waals surface area contributed by atoms with Crippen LogP contribution < -0.4 is 10.1 Å². The van der Waals surface area contributed by atoms with Gasteiger partial charge < -0.3 is 10.1 Å². The van der Waals surface area contributed by atoms with E-state index < -0.39 is 0 Å². The van der Waals surface area contributed by atoms with Gasteiger partial charge in [-0.25, -0.2) is 0 Å². The van der Waals surface area contributed by atoms with E-state index >= 15 is 0 Å². The number of hydrogen-bond donors (Lipinski definition) is 1. The molecule has 110 valence electrons. The van der Waals surface area contributed by atoms with Crippen LogP contribution in [0.25, 0.3) is 0 Å². The molecule has 1 amide bonds. The molecule has 1 N–H and O–H groups in total. The largest absolute Gasteiger partial charge is 0.483 e. The third-order valence-electron chi connectivity index (χ3n) is 3.06. The molecule has 2 aromatic carbocycles. The molecule has 0 heterocycles. The summed E-state index contributed by atoms with van der Waals surface area (Å²) in [5.74, 6) is 0.595. The van der Waals surface area contributed by atoms with E-state index in [1.165, 1.54) is 0 Å². The second-order valence-electron chi connectivity index (χ2n) is 4.84. The zero-order valence-corrected chi connectivity index (χ0v) is 13.3. The van der Waals surface area contributed by atoms with Gasteiger partial charge in [-0.15, -0.1) is 11.8 Å². The van der Waals surface area contributed by atoms with Gasteiger partial charge in [-0.3, -0.25) is 4.79 Å². The van der Waals surface area contributed by atoms with Crippen LogP contribution in [0.1, 0.15) is 11.1 Å². The van der Waals surface area contributed by atoms with Gasteiger partial charge >= 0.3 is 0 Å². The van der Waals surface area contributed by atoms with E-state index in [0.717, 1.165) is 27.5 Å². The van der Waals surface area contributed by atoms with Crippen molar-refractivity contribution in [3.05, 3.63) is 53.6 Å². The van der Waals surface area contributed by atoms with E-state index in [9.17, 15) is 4.79 Å². The fourth-order valence-corrected chi connectivity index (χ4v) is 2.36. The van der Waals surface area contributed by atoms with Crippen molar-refractivity contribution in [2.24, 2.45) is 0 Å².